The minimum Gasteiger partial charge on any atom is -0.508 e. The van der Waals surface area contributed by atoms with Gasteiger partial charge in [-0.1, -0.05) is 12.1 Å². The summed E-state index contributed by atoms with van der Waals surface area (Å²) in [7, 11) is 0. The predicted molar refractivity (Wildman–Crippen MR) is 57.0 cm³/mol. The summed E-state index contributed by atoms with van der Waals surface area (Å²) in [5, 5.41) is 9.10. The largest absolute Gasteiger partial charge is 0.508 e. The van der Waals surface area contributed by atoms with Crippen molar-refractivity contribution in [3.8, 4) is 5.75 Å². The van der Waals surface area contributed by atoms with E-state index in [-0.39, 0.29) is 0 Å². The third-order valence-corrected chi connectivity index (χ3v) is 2.40. The zero-order valence-corrected chi connectivity index (χ0v) is 8.69. The number of ether oxygens (including phenoxy) is 2. The highest BCUT2D eigenvalue weighted by Gasteiger charge is 2.21. The van der Waals surface area contributed by atoms with Gasteiger partial charge >= 0.3 is 0 Å². The average Bonchev–Trinajstić information content (AvgIpc) is 3.04. The van der Waals surface area contributed by atoms with Gasteiger partial charge in [-0.15, -0.1) is 0 Å². The van der Waals surface area contributed by atoms with Crippen LogP contribution in [0.1, 0.15) is 12.0 Å². The highest BCUT2D eigenvalue weighted by Crippen LogP contribution is 2.12. The van der Waals surface area contributed by atoms with Crippen LogP contribution in [-0.2, 0) is 15.9 Å². The maximum atomic E-state index is 9.10. The van der Waals surface area contributed by atoms with Gasteiger partial charge in [0.2, 0.25) is 0 Å². The fraction of sp³-hybridized carbons (Fsp3) is 0.500. The quantitative estimate of drug-likeness (QED) is 0.572. The standard InChI is InChI=1S/C12H16O3/c13-11-5-3-10(4-6-11)2-1-7-14-8-12-9-15-12/h3-6,12-13H,1-2,7-9H2. The van der Waals surface area contributed by atoms with Crippen LogP contribution in [0.5, 0.6) is 5.75 Å². The van der Waals surface area contributed by atoms with Crippen LogP contribution in [0.25, 0.3) is 0 Å². The second-order valence-corrected chi connectivity index (χ2v) is 3.80. The molecule has 0 aliphatic carbocycles. The molecule has 1 aliphatic rings. The minimum absolute atomic E-state index is 0.320. The zero-order valence-electron chi connectivity index (χ0n) is 8.69. The van der Waals surface area contributed by atoms with E-state index in [2.05, 4.69) is 0 Å². The van der Waals surface area contributed by atoms with Crippen molar-refractivity contribution in [1.29, 1.82) is 0 Å². The van der Waals surface area contributed by atoms with E-state index in [0.29, 0.717) is 11.9 Å². The first-order valence-corrected chi connectivity index (χ1v) is 5.32. The van der Waals surface area contributed by atoms with Crippen LogP contribution < -0.4 is 0 Å². The van der Waals surface area contributed by atoms with Crippen molar-refractivity contribution in [2.45, 2.75) is 18.9 Å². The second kappa shape index (κ2) is 5.14. The van der Waals surface area contributed by atoms with Gasteiger partial charge in [-0.3, -0.25) is 0 Å². The number of phenols is 1. The predicted octanol–water partition coefficient (Wildman–Crippen LogP) is 1.74. The molecular weight excluding hydrogens is 192 g/mol. The number of hydrogen-bond acceptors (Lipinski definition) is 3. The van der Waals surface area contributed by atoms with Crippen molar-refractivity contribution in [2.75, 3.05) is 19.8 Å². The van der Waals surface area contributed by atoms with Gasteiger partial charge < -0.3 is 14.6 Å². The summed E-state index contributed by atoms with van der Waals surface area (Å²) in [6, 6.07) is 7.32. The Bertz CT molecular complexity index is 290. The van der Waals surface area contributed by atoms with E-state index >= 15 is 0 Å². The Morgan fingerprint density at radius 2 is 2.07 bits per heavy atom. The first kappa shape index (κ1) is 10.5. The van der Waals surface area contributed by atoms with Crippen molar-refractivity contribution in [2.24, 2.45) is 0 Å². The van der Waals surface area contributed by atoms with E-state index in [1.54, 1.807) is 12.1 Å². The van der Waals surface area contributed by atoms with Gasteiger partial charge in [0, 0.05) is 6.61 Å². The molecule has 3 heteroatoms. The van der Waals surface area contributed by atoms with Crippen LogP contribution in [0, 0.1) is 0 Å². The molecule has 1 N–H and O–H groups in total. The lowest BCUT2D eigenvalue weighted by molar-refractivity contribution is 0.114. The van der Waals surface area contributed by atoms with Crippen molar-refractivity contribution >= 4 is 0 Å². The smallest absolute Gasteiger partial charge is 0.115 e. The lowest BCUT2D eigenvalue weighted by atomic mass is 10.1. The average molecular weight is 208 g/mol. The zero-order chi connectivity index (χ0) is 10.5. The summed E-state index contributed by atoms with van der Waals surface area (Å²) in [5.41, 5.74) is 1.24. The molecule has 1 aromatic rings. The molecule has 3 nitrogen and oxygen atoms in total. The first-order chi connectivity index (χ1) is 7.34. The lowest BCUT2D eigenvalue weighted by Crippen LogP contribution is -2.03. The van der Waals surface area contributed by atoms with E-state index in [0.717, 1.165) is 32.7 Å². The minimum atomic E-state index is 0.320. The van der Waals surface area contributed by atoms with Gasteiger partial charge in [-0.2, -0.15) is 0 Å². The molecule has 0 radical (unpaired) electrons. The summed E-state index contributed by atoms with van der Waals surface area (Å²) in [5.74, 6) is 0.320. The highest BCUT2D eigenvalue weighted by atomic mass is 16.6. The normalized spacial score (nSPS) is 19.1. The molecule has 0 aromatic heterocycles. The Balaban J connectivity index is 1.58. The molecule has 1 heterocycles. The molecule has 1 fully saturated rings. The van der Waals surface area contributed by atoms with Crippen LogP contribution in [0.4, 0.5) is 0 Å². The molecule has 0 spiro atoms. The van der Waals surface area contributed by atoms with E-state index in [4.69, 9.17) is 14.6 Å². The fourth-order valence-electron chi connectivity index (χ4n) is 1.42. The molecule has 15 heavy (non-hydrogen) atoms. The van der Waals surface area contributed by atoms with Crippen molar-refractivity contribution in [1.82, 2.24) is 0 Å². The Labute approximate surface area is 89.6 Å². The van der Waals surface area contributed by atoms with E-state index in [9.17, 15) is 0 Å². The van der Waals surface area contributed by atoms with E-state index < -0.39 is 0 Å². The topological polar surface area (TPSA) is 42.0 Å². The molecule has 1 atom stereocenters. The molecule has 0 saturated carbocycles. The molecule has 1 unspecified atom stereocenters. The Morgan fingerprint density at radius 1 is 1.33 bits per heavy atom. The third-order valence-electron chi connectivity index (χ3n) is 2.40. The highest BCUT2D eigenvalue weighted by molar-refractivity contribution is 5.25. The summed E-state index contributed by atoms with van der Waals surface area (Å²) in [4.78, 5) is 0. The summed E-state index contributed by atoms with van der Waals surface area (Å²) in [6.07, 6.45) is 2.36. The lowest BCUT2D eigenvalue weighted by Gasteiger charge is -2.02. The molecule has 0 amide bonds. The monoisotopic (exact) mass is 208 g/mol. The summed E-state index contributed by atoms with van der Waals surface area (Å²) < 4.78 is 10.5. The van der Waals surface area contributed by atoms with Gasteiger partial charge in [-0.05, 0) is 30.5 Å². The number of aryl methyl sites for hydroxylation is 1. The number of aromatic hydroxyl groups is 1. The molecule has 1 aliphatic heterocycles. The van der Waals surface area contributed by atoms with Gasteiger partial charge in [0.25, 0.3) is 0 Å². The Morgan fingerprint density at radius 3 is 2.73 bits per heavy atom. The number of hydrogen-bond donors (Lipinski definition) is 1. The van der Waals surface area contributed by atoms with E-state index in [1.165, 1.54) is 5.56 Å². The van der Waals surface area contributed by atoms with Crippen LogP contribution in [0.15, 0.2) is 24.3 Å². The van der Waals surface area contributed by atoms with Crippen LogP contribution in [0.2, 0.25) is 0 Å². The van der Waals surface area contributed by atoms with Crippen molar-refractivity contribution < 1.29 is 14.6 Å². The van der Waals surface area contributed by atoms with E-state index in [1.807, 2.05) is 12.1 Å². The second-order valence-electron chi connectivity index (χ2n) is 3.80. The maximum Gasteiger partial charge on any atom is 0.115 e. The third kappa shape index (κ3) is 3.90. The molecule has 1 aromatic carbocycles. The molecule has 2 rings (SSSR count). The maximum absolute atomic E-state index is 9.10. The Kier molecular flexibility index (Phi) is 3.59. The van der Waals surface area contributed by atoms with Crippen molar-refractivity contribution in [3.63, 3.8) is 0 Å². The molecule has 0 bridgehead atoms. The van der Waals surface area contributed by atoms with Crippen LogP contribution in [0.3, 0.4) is 0 Å². The SMILES string of the molecule is Oc1ccc(CCCOCC2CO2)cc1. The van der Waals surface area contributed by atoms with Crippen LogP contribution in [-0.4, -0.2) is 31.0 Å². The molecule has 1 saturated heterocycles. The first-order valence-electron chi connectivity index (χ1n) is 5.32. The van der Waals surface area contributed by atoms with Gasteiger partial charge in [0.1, 0.15) is 11.9 Å². The fourth-order valence-corrected chi connectivity index (χ4v) is 1.42. The molecule has 82 valence electrons. The number of phenolic OH excluding ortho intramolecular Hbond substituents is 1. The number of epoxide rings is 1. The van der Waals surface area contributed by atoms with Gasteiger partial charge in [-0.25, -0.2) is 0 Å². The number of rotatable bonds is 6. The summed E-state index contributed by atoms with van der Waals surface area (Å²) >= 11 is 0. The molecular formula is C12H16O3. The van der Waals surface area contributed by atoms with Crippen molar-refractivity contribution in [3.05, 3.63) is 29.8 Å². The van der Waals surface area contributed by atoms with Crippen LogP contribution >= 0.6 is 0 Å². The number of benzene rings is 1. The van der Waals surface area contributed by atoms with Gasteiger partial charge in [0.15, 0.2) is 0 Å². The van der Waals surface area contributed by atoms with Gasteiger partial charge in [0.05, 0.1) is 13.2 Å². The summed E-state index contributed by atoms with van der Waals surface area (Å²) in [6.45, 7) is 2.37. The Hall–Kier alpha value is -1.06.